The number of nitrogens with zero attached hydrogens (tertiary/aromatic N) is 3. The molecule has 0 fully saturated rings. The molecule has 0 aliphatic rings. The lowest BCUT2D eigenvalue weighted by molar-refractivity contribution is 0.657. The molecule has 5 aromatic heterocycles. The summed E-state index contributed by atoms with van der Waals surface area (Å²) in [6.45, 7) is 2.08. The standard InChI is InChI=1S/C24H16FN5S/c1-13-6-8-26-12-18(13)14-2-3-19-17(10-14)23(30-29-19)20-11-16-15(7-9-27-24(16)28-20)21-4-5-22(25)31-21/h2-12H,1H3,(H,27,28)(H,29,30). The van der Waals surface area contributed by atoms with E-state index in [4.69, 9.17) is 0 Å². The molecule has 0 atom stereocenters. The third kappa shape index (κ3) is 2.93. The van der Waals surface area contributed by atoms with Crippen LogP contribution in [0.1, 0.15) is 5.56 Å². The lowest BCUT2D eigenvalue weighted by atomic mass is 10.0. The van der Waals surface area contributed by atoms with Crippen molar-refractivity contribution in [3.8, 4) is 33.0 Å². The number of hydrogen-bond donors (Lipinski definition) is 2. The average molecular weight is 425 g/mol. The Bertz CT molecular complexity index is 1580. The van der Waals surface area contributed by atoms with Gasteiger partial charge in [0.1, 0.15) is 11.3 Å². The van der Waals surface area contributed by atoms with E-state index in [9.17, 15) is 4.39 Å². The first-order valence-electron chi connectivity index (χ1n) is 9.80. The van der Waals surface area contributed by atoms with E-state index in [2.05, 4.69) is 44.2 Å². The van der Waals surface area contributed by atoms with Gasteiger partial charge in [0.05, 0.1) is 11.2 Å². The van der Waals surface area contributed by atoms with Gasteiger partial charge in [-0.2, -0.15) is 9.49 Å². The zero-order valence-electron chi connectivity index (χ0n) is 16.5. The van der Waals surface area contributed by atoms with Gasteiger partial charge in [0, 0.05) is 45.4 Å². The Morgan fingerprint density at radius 1 is 0.935 bits per heavy atom. The molecule has 2 N–H and O–H groups in total. The predicted molar refractivity (Wildman–Crippen MR) is 122 cm³/mol. The predicted octanol–water partition coefficient (Wildman–Crippen LogP) is 6.34. The second-order valence-corrected chi connectivity index (χ2v) is 8.46. The monoisotopic (exact) mass is 425 g/mol. The molecule has 0 bridgehead atoms. The topological polar surface area (TPSA) is 70.2 Å². The Labute approximate surface area is 180 Å². The summed E-state index contributed by atoms with van der Waals surface area (Å²) < 4.78 is 13.6. The first kappa shape index (κ1) is 18.0. The molecule has 0 saturated heterocycles. The minimum atomic E-state index is -0.202. The molecule has 6 aromatic rings. The van der Waals surface area contributed by atoms with Crippen molar-refractivity contribution in [2.24, 2.45) is 0 Å². The van der Waals surface area contributed by atoms with Crippen LogP contribution in [-0.4, -0.2) is 25.1 Å². The number of rotatable bonds is 3. The highest BCUT2D eigenvalue weighted by Crippen LogP contribution is 2.36. The number of pyridine rings is 2. The van der Waals surface area contributed by atoms with E-state index in [0.29, 0.717) is 0 Å². The van der Waals surface area contributed by atoms with Crippen LogP contribution in [-0.2, 0) is 0 Å². The Morgan fingerprint density at radius 3 is 2.71 bits per heavy atom. The lowest BCUT2D eigenvalue weighted by Crippen LogP contribution is -1.85. The Kier molecular flexibility index (Phi) is 3.97. The molecular formula is C24H16FN5S. The van der Waals surface area contributed by atoms with Gasteiger partial charge in [-0.05, 0) is 60.5 Å². The molecular weight excluding hydrogens is 409 g/mol. The minimum Gasteiger partial charge on any atom is -0.338 e. The summed E-state index contributed by atoms with van der Waals surface area (Å²) in [5, 5.41) is 9.44. The van der Waals surface area contributed by atoms with Crippen LogP contribution in [0.15, 0.2) is 67.1 Å². The zero-order chi connectivity index (χ0) is 20.9. The fourth-order valence-electron chi connectivity index (χ4n) is 3.98. The summed E-state index contributed by atoms with van der Waals surface area (Å²) in [6.07, 6.45) is 5.42. The van der Waals surface area contributed by atoms with Crippen molar-refractivity contribution in [1.82, 2.24) is 25.1 Å². The average Bonchev–Trinajstić information content (AvgIpc) is 3.50. The Hall–Kier alpha value is -3.84. The zero-order valence-corrected chi connectivity index (χ0v) is 17.3. The maximum Gasteiger partial charge on any atom is 0.176 e. The van der Waals surface area contributed by atoms with Crippen LogP contribution >= 0.6 is 11.3 Å². The highest BCUT2D eigenvalue weighted by atomic mass is 32.1. The second kappa shape index (κ2) is 6.85. The Balaban J connectivity index is 1.52. The normalized spacial score (nSPS) is 11.5. The SMILES string of the molecule is Cc1ccncc1-c1ccc2[nH]nc(-c3cc4c(-c5ccc(F)s5)ccnc4[nH]3)c2c1. The third-order valence-corrected chi connectivity index (χ3v) is 6.45. The van der Waals surface area contributed by atoms with Crippen molar-refractivity contribution in [1.29, 1.82) is 0 Å². The maximum atomic E-state index is 13.6. The molecule has 0 spiro atoms. The van der Waals surface area contributed by atoms with Crippen molar-refractivity contribution in [3.63, 3.8) is 0 Å². The van der Waals surface area contributed by atoms with Gasteiger partial charge in [-0.15, -0.1) is 11.3 Å². The highest BCUT2D eigenvalue weighted by molar-refractivity contribution is 7.14. The van der Waals surface area contributed by atoms with E-state index in [1.54, 1.807) is 18.5 Å². The van der Waals surface area contributed by atoms with E-state index < -0.39 is 0 Å². The molecule has 0 saturated carbocycles. The van der Waals surface area contributed by atoms with Crippen molar-refractivity contribution in [2.75, 3.05) is 0 Å². The summed E-state index contributed by atoms with van der Waals surface area (Å²) in [6, 6.07) is 15.5. The molecule has 150 valence electrons. The summed E-state index contributed by atoms with van der Waals surface area (Å²) in [5.41, 5.74) is 7.68. The largest absolute Gasteiger partial charge is 0.338 e. The highest BCUT2D eigenvalue weighted by Gasteiger charge is 2.16. The van der Waals surface area contributed by atoms with Gasteiger partial charge in [0.2, 0.25) is 0 Å². The van der Waals surface area contributed by atoms with Gasteiger partial charge in [-0.3, -0.25) is 10.1 Å². The van der Waals surface area contributed by atoms with Crippen LogP contribution in [0.25, 0.3) is 54.9 Å². The third-order valence-electron chi connectivity index (χ3n) is 5.54. The van der Waals surface area contributed by atoms with Gasteiger partial charge in [0.25, 0.3) is 0 Å². The smallest absolute Gasteiger partial charge is 0.176 e. The number of halogens is 1. The summed E-state index contributed by atoms with van der Waals surface area (Å²) in [7, 11) is 0. The van der Waals surface area contributed by atoms with Gasteiger partial charge in [-0.25, -0.2) is 4.98 Å². The fourth-order valence-corrected chi connectivity index (χ4v) is 4.75. The molecule has 5 nitrogen and oxygen atoms in total. The number of benzene rings is 1. The number of aryl methyl sites for hydroxylation is 1. The van der Waals surface area contributed by atoms with E-state index >= 15 is 0 Å². The molecule has 7 heteroatoms. The summed E-state index contributed by atoms with van der Waals surface area (Å²) in [5.74, 6) is 0. The molecule has 0 aliphatic heterocycles. The van der Waals surface area contributed by atoms with E-state index in [1.807, 2.05) is 30.5 Å². The molecule has 31 heavy (non-hydrogen) atoms. The quantitative estimate of drug-likeness (QED) is 0.347. The van der Waals surface area contributed by atoms with Crippen LogP contribution in [0.4, 0.5) is 4.39 Å². The number of H-pyrrole nitrogens is 2. The minimum absolute atomic E-state index is 0.202. The number of aromatic nitrogens is 5. The molecule has 1 aromatic carbocycles. The van der Waals surface area contributed by atoms with Crippen LogP contribution in [0.2, 0.25) is 0 Å². The van der Waals surface area contributed by atoms with Crippen molar-refractivity contribution >= 4 is 33.3 Å². The molecule has 0 unspecified atom stereocenters. The lowest BCUT2D eigenvalue weighted by Gasteiger charge is -2.05. The molecule has 0 aliphatic carbocycles. The molecule has 5 heterocycles. The fraction of sp³-hybridized carbons (Fsp3) is 0.0417. The van der Waals surface area contributed by atoms with E-state index in [0.717, 1.165) is 66.2 Å². The molecule has 0 radical (unpaired) electrons. The number of nitrogens with one attached hydrogen (secondary N) is 2. The number of hydrogen-bond acceptors (Lipinski definition) is 4. The molecule has 0 amide bonds. The van der Waals surface area contributed by atoms with Gasteiger partial charge < -0.3 is 4.98 Å². The van der Waals surface area contributed by atoms with Crippen molar-refractivity contribution in [2.45, 2.75) is 6.92 Å². The van der Waals surface area contributed by atoms with Gasteiger partial charge >= 0.3 is 0 Å². The van der Waals surface area contributed by atoms with Crippen LogP contribution in [0.5, 0.6) is 0 Å². The number of thiophene rings is 1. The Morgan fingerprint density at radius 2 is 1.87 bits per heavy atom. The first-order valence-corrected chi connectivity index (χ1v) is 10.6. The second-order valence-electron chi connectivity index (χ2n) is 7.43. The summed E-state index contributed by atoms with van der Waals surface area (Å²) >= 11 is 1.13. The number of fused-ring (bicyclic) bond motifs is 2. The van der Waals surface area contributed by atoms with E-state index in [-0.39, 0.29) is 5.13 Å². The van der Waals surface area contributed by atoms with Gasteiger partial charge in [-0.1, -0.05) is 6.07 Å². The number of aromatic amines is 2. The summed E-state index contributed by atoms with van der Waals surface area (Å²) in [4.78, 5) is 13.0. The first-order chi connectivity index (χ1) is 15.2. The van der Waals surface area contributed by atoms with Crippen molar-refractivity contribution in [3.05, 3.63) is 77.8 Å². The van der Waals surface area contributed by atoms with Crippen molar-refractivity contribution < 1.29 is 4.39 Å². The van der Waals surface area contributed by atoms with Crippen LogP contribution in [0, 0.1) is 12.1 Å². The van der Waals surface area contributed by atoms with Crippen LogP contribution in [0.3, 0.4) is 0 Å². The molecule has 6 rings (SSSR count). The maximum absolute atomic E-state index is 13.6. The van der Waals surface area contributed by atoms with Gasteiger partial charge in [0.15, 0.2) is 5.13 Å². The van der Waals surface area contributed by atoms with E-state index in [1.165, 1.54) is 11.6 Å². The van der Waals surface area contributed by atoms with Crippen LogP contribution < -0.4 is 0 Å².